The van der Waals surface area contributed by atoms with Crippen LogP contribution in [-0.4, -0.2) is 24.1 Å². The Bertz CT molecular complexity index is 4350. The van der Waals surface area contributed by atoms with Gasteiger partial charge in [0.1, 0.15) is 0 Å². The Hall–Kier alpha value is -8.41. The summed E-state index contributed by atoms with van der Waals surface area (Å²) < 4.78 is 121. The van der Waals surface area contributed by atoms with Gasteiger partial charge in [0.05, 0.1) is 39.9 Å². The van der Waals surface area contributed by atoms with Gasteiger partial charge in [-0.1, -0.05) is 194 Å². The van der Waals surface area contributed by atoms with E-state index in [1.165, 1.54) is 0 Å². The van der Waals surface area contributed by atoms with E-state index in [0.717, 1.165) is 38.5 Å². The first-order chi connectivity index (χ1) is 36.2. The molecule has 12 rings (SSSR count). The molecule has 290 valence electrons. The molecule has 3 aromatic heterocycles. The van der Waals surface area contributed by atoms with Gasteiger partial charge < -0.3 is 4.57 Å². The first-order valence-corrected chi connectivity index (χ1v) is 19.9. The minimum Gasteiger partial charge on any atom is -0.307 e. The number of fused-ring (bicyclic) bond motifs is 7. The van der Waals surface area contributed by atoms with Crippen molar-refractivity contribution in [2.75, 3.05) is 0 Å². The van der Waals surface area contributed by atoms with E-state index in [-0.39, 0.29) is 11.6 Å². The van der Waals surface area contributed by atoms with E-state index >= 15 is 0 Å². The van der Waals surface area contributed by atoms with E-state index in [9.17, 15) is 11.0 Å². The molecule has 3 heterocycles. The molecule has 9 aromatic carbocycles. The number of hydrogen-bond donors (Lipinski definition) is 0. The molecule has 5 heteroatoms. The summed E-state index contributed by atoms with van der Waals surface area (Å²) in [6.07, 6.45) is 0. The fraction of sp³-hybridized carbons (Fsp3) is 0. The van der Waals surface area contributed by atoms with Crippen molar-refractivity contribution in [3.63, 3.8) is 0 Å². The molecule has 0 unspecified atom stereocenters. The molecule has 0 radical (unpaired) electrons. The lowest BCUT2D eigenvalue weighted by atomic mass is 10.00. The smallest absolute Gasteiger partial charge is 0.238 e. The lowest BCUT2D eigenvalue weighted by molar-refractivity contribution is 0.953. The third-order valence-electron chi connectivity index (χ3n) is 11.0. The van der Waals surface area contributed by atoms with Crippen LogP contribution >= 0.6 is 0 Å². The van der Waals surface area contributed by atoms with Gasteiger partial charge in [-0.2, -0.15) is 9.97 Å². The molecule has 12 aromatic rings. The van der Waals surface area contributed by atoms with Crippen LogP contribution in [0.25, 0.3) is 111 Å². The van der Waals surface area contributed by atoms with Gasteiger partial charge in [0, 0.05) is 38.4 Å². The van der Waals surface area contributed by atoms with Crippen molar-refractivity contribution in [1.29, 1.82) is 0 Å². The molecule has 0 saturated carbocycles. The summed E-state index contributed by atoms with van der Waals surface area (Å²) in [4.78, 5) is 15.5. The minimum atomic E-state index is -0.784. The van der Waals surface area contributed by atoms with Crippen molar-refractivity contribution >= 4 is 43.6 Å². The van der Waals surface area contributed by atoms with Crippen LogP contribution in [0.4, 0.5) is 0 Å². The maximum absolute atomic E-state index is 10.0. The van der Waals surface area contributed by atoms with Crippen molar-refractivity contribution < 1.29 is 17.8 Å². The Morgan fingerprint density at radius 3 is 1.55 bits per heavy atom. The van der Waals surface area contributed by atoms with Crippen LogP contribution in [0.1, 0.15) is 17.8 Å². The van der Waals surface area contributed by atoms with Crippen molar-refractivity contribution in [2.24, 2.45) is 0 Å². The molecule has 5 nitrogen and oxygen atoms in total. The molecule has 0 saturated heterocycles. The van der Waals surface area contributed by atoms with Crippen molar-refractivity contribution in [3.05, 3.63) is 224 Å². The standard InChI is InChI=1S/C57H37N5/c1-4-16-38(17-5-1)40-30-32-41(33-31-40)44-23-15-25-46(37-44)61-51-28-12-10-26-47(51)49-34-35-50-48-27-11-13-29-52(48)62(54(50)53(49)61)57-59-55(42-20-8-3-9-21-42)58-56(60-57)45-24-14-22-43(36-45)39-18-6-2-7-19-39/h1-37H/i1D,4D,5D,15D,16D,17D,23D,25D,30D,31D,32D,33D,37D. The Kier molecular flexibility index (Phi) is 5.84. The second-order valence-electron chi connectivity index (χ2n) is 14.6. The molecule has 0 atom stereocenters. The van der Waals surface area contributed by atoms with Gasteiger partial charge >= 0.3 is 0 Å². The van der Waals surface area contributed by atoms with Crippen molar-refractivity contribution in [1.82, 2.24) is 24.1 Å². The summed E-state index contributed by atoms with van der Waals surface area (Å²) in [7, 11) is 0. The van der Waals surface area contributed by atoms with Crippen molar-refractivity contribution in [3.8, 4) is 67.8 Å². The molecule has 62 heavy (non-hydrogen) atoms. The Morgan fingerprint density at radius 1 is 0.339 bits per heavy atom. The molecule has 0 fully saturated rings. The van der Waals surface area contributed by atoms with Crippen LogP contribution in [-0.2, 0) is 0 Å². The van der Waals surface area contributed by atoms with Gasteiger partial charge in [0.15, 0.2) is 11.6 Å². The van der Waals surface area contributed by atoms with E-state index in [4.69, 9.17) is 21.8 Å². The minimum absolute atomic E-state index is 0.188. The topological polar surface area (TPSA) is 48.5 Å². The fourth-order valence-electron chi connectivity index (χ4n) is 8.23. The first-order valence-electron chi connectivity index (χ1n) is 26.4. The highest BCUT2D eigenvalue weighted by atomic mass is 15.2. The Labute approximate surface area is 376 Å². The van der Waals surface area contributed by atoms with E-state index < -0.39 is 101 Å². The van der Waals surface area contributed by atoms with E-state index in [1.807, 2.05) is 144 Å². The summed E-state index contributed by atoms with van der Waals surface area (Å²) in [5, 5.41) is 2.97. The van der Waals surface area contributed by atoms with Crippen LogP contribution in [0.15, 0.2) is 224 Å². The predicted molar refractivity (Wildman–Crippen MR) is 256 cm³/mol. The monoisotopic (exact) mass is 804 g/mol. The van der Waals surface area contributed by atoms with Gasteiger partial charge in [0.2, 0.25) is 5.95 Å². The highest BCUT2D eigenvalue weighted by Gasteiger charge is 2.23. The fourth-order valence-corrected chi connectivity index (χ4v) is 8.23. The third kappa shape index (κ3) is 5.98. The molecule has 0 N–H and O–H groups in total. The SMILES string of the molecule is [2H]c1c([2H])c([2H])c(-c2c([2H])c([2H])c(-c3c([2H])c([2H])c([2H])c(-n4c5ccccc5c5ccc6c7ccccc7n(-c7nc(-c8ccccc8)nc(-c8cccc(-c9ccccc9)c8)n7)c6c54)c3[2H])c([2H])c2[2H])c([2H])c1[2H]. The van der Waals surface area contributed by atoms with Crippen LogP contribution < -0.4 is 0 Å². The average Bonchev–Trinajstić information content (AvgIpc) is 3.99. The maximum atomic E-state index is 10.0. The zero-order valence-electron chi connectivity index (χ0n) is 45.6. The largest absolute Gasteiger partial charge is 0.307 e. The van der Waals surface area contributed by atoms with Crippen molar-refractivity contribution in [2.45, 2.75) is 0 Å². The number of para-hydroxylation sites is 2. The number of benzene rings is 9. The van der Waals surface area contributed by atoms with Crippen LogP contribution in [0.5, 0.6) is 0 Å². The zero-order valence-corrected chi connectivity index (χ0v) is 32.6. The Morgan fingerprint density at radius 2 is 0.855 bits per heavy atom. The third-order valence-corrected chi connectivity index (χ3v) is 11.0. The summed E-state index contributed by atoms with van der Waals surface area (Å²) >= 11 is 0. The van der Waals surface area contributed by atoms with Crippen LogP contribution in [0.3, 0.4) is 0 Å². The van der Waals surface area contributed by atoms with Crippen LogP contribution in [0, 0.1) is 0 Å². The first kappa shape index (κ1) is 24.6. The molecule has 0 bridgehead atoms. The molecule has 0 aliphatic carbocycles. The maximum Gasteiger partial charge on any atom is 0.238 e. The van der Waals surface area contributed by atoms with E-state index in [2.05, 4.69) is 0 Å². The van der Waals surface area contributed by atoms with Crippen LogP contribution in [0.2, 0.25) is 0 Å². The van der Waals surface area contributed by atoms with Gasteiger partial charge in [-0.05, 0) is 63.7 Å². The van der Waals surface area contributed by atoms with Gasteiger partial charge in [-0.15, -0.1) is 0 Å². The highest BCUT2D eigenvalue weighted by Crippen LogP contribution is 2.42. The Balaban J connectivity index is 1.18. The quantitative estimate of drug-likeness (QED) is 0.161. The highest BCUT2D eigenvalue weighted by molar-refractivity contribution is 6.23. The number of nitrogens with zero attached hydrogens (tertiary/aromatic N) is 5. The van der Waals surface area contributed by atoms with Gasteiger partial charge in [-0.3, -0.25) is 4.57 Å². The molecule has 0 aliphatic rings. The lowest BCUT2D eigenvalue weighted by Crippen LogP contribution is -2.07. The summed E-state index contributed by atoms with van der Waals surface area (Å²) in [5.41, 5.74) is 3.40. The summed E-state index contributed by atoms with van der Waals surface area (Å²) in [5.74, 6) is 1.04. The van der Waals surface area contributed by atoms with E-state index in [1.54, 1.807) is 10.6 Å². The predicted octanol–water partition coefficient (Wildman–Crippen LogP) is 14.4. The lowest BCUT2D eigenvalue weighted by Gasteiger charge is -2.14. The molecule has 0 amide bonds. The second-order valence-corrected chi connectivity index (χ2v) is 14.6. The number of aromatic nitrogens is 5. The molecular formula is C57H37N5. The second kappa shape index (κ2) is 14.7. The van der Waals surface area contributed by atoms with Gasteiger partial charge in [-0.25, -0.2) is 4.98 Å². The molecular weight excluding hydrogens is 755 g/mol. The molecule has 0 spiro atoms. The number of rotatable bonds is 7. The number of hydrogen-bond acceptors (Lipinski definition) is 3. The average molecular weight is 805 g/mol. The normalized spacial score (nSPS) is 14.5. The zero-order chi connectivity index (χ0) is 52.3. The molecule has 0 aliphatic heterocycles. The van der Waals surface area contributed by atoms with Gasteiger partial charge in [0.25, 0.3) is 0 Å². The van der Waals surface area contributed by atoms with E-state index in [0.29, 0.717) is 39.0 Å². The summed E-state index contributed by atoms with van der Waals surface area (Å²) in [6.45, 7) is 0. The summed E-state index contributed by atoms with van der Waals surface area (Å²) in [6, 6.07) is 37.4.